The fourth-order valence-corrected chi connectivity index (χ4v) is 4.24. The molecule has 12 heteroatoms. The number of carbonyl (C=O) groups excluding carboxylic acids is 1. The Balaban J connectivity index is 1.56. The van der Waals surface area contributed by atoms with Gasteiger partial charge in [0, 0.05) is 31.1 Å². The highest BCUT2D eigenvalue weighted by molar-refractivity contribution is 6.10. The number of benzene rings is 1. The second kappa shape index (κ2) is 7.62. The van der Waals surface area contributed by atoms with Gasteiger partial charge in [0.2, 0.25) is 0 Å². The molecule has 1 aliphatic rings. The zero-order valence-electron chi connectivity index (χ0n) is 18.0. The second-order valence-electron chi connectivity index (χ2n) is 8.05. The van der Waals surface area contributed by atoms with Crippen LogP contribution in [-0.4, -0.2) is 44.2 Å². The lowest BCUT2D eigenvalue weighted by atomic mass is 10.00. The van der Waals surface area contributed by atoms with Crippen molar-refractivity contribution < 1.29 is 27.1 Å². The summed E-state index contributed by atoms with van der Waals surface area (Å²) in [4.78, 5) is 22.4. The van der Waals surface area contributed by atoms with E-state index in [4.69, 9.17) is 10.5 Å². The van der Waals surface area contributed by atoms with Gasteiger partial charge in [-0.15, -0.1) is 0 Å². The number of amides is 1. The van der Waals surface area contributed by atoms with Crippen LogP contribution in [0.3, 0.4) is 0 Å². The largest absolute Gasteiger partial charge is 0.433 e. The summed E-state index contributed by atoms with van der Waals surface area (Å²) >= 11 is 0. The van der Waals surface area contributed by atoms with E-state index in [-0.39, 0.29) is 35.8 Å². The Morgan fingerprint density at radius 1 is 1.24 bits per heavy atom. The highest BCUT2D eigenvalue weighted by atomic mass is 19.4. The van der Waals surface area contributed by atoms with Gasteiger partial charge in [0.25, 0.3) is 5.91 Å². The zero-order valence-corrected chi connectivity index (χ0v) is 18.0. The quantitative estimate of drug-likeness (QED) is 0.446. The highest BCUT2D eigenvalue weighted by Gasteiger charge is 2.36. The van der Waals surface area contributed by atoms with Gasteiger partial charge in [0.15, 0.2) is 0 Å². The lowest BCUT2D eigenvalue weighted by molar-refractivity contribution is -0.141. The molecule has 0 unspecified atom stereocenters. The van der Waals surface area contributed by atoms with Gasteiger partial charge in [-0.2, -0.15) is 18.3 Å². The molecule has 0 radical (unpaired) electrons. The van der Waals surface area contributed by atoms with Crippen LogP contribution in [0, 0.1) is 5.82 Å². The van der Waals surface area contributed by atoms with E-state index in [1.54, 1.807) is 11.7 Å². The molecule has 0 bridgehead atoms. The maximum Gasteiger partial charge on any atom is 0.433 e. The number of carbonyl (C=O) groups is 1. The standard InChI is InChI=1S/C22H18F4N6O2/c1-31(17-9-34-8-16-10(17)3-4-18(29-16)22(24,25)26)21(33)11-5-12-15(6-14(11)23)30-20(27)13-7-28-32(2)19(12)13/h3-7,17H,8-9H2,1-2H3,(H2,27,30)/t17-/m1/s1. The number of likely N-dealkylation sites (N-methyl/N-ethyl adjacent to an activating group) is 1. The van der Waals surface area contributed by atoms with E-state index in [2.05, 4.69) is 15.1 Å². The van der Waals surface area contributed by atoms with E-state index in [0.717, 1.165) is 12.1 Å². The minimum atomic E-state index is -4.60. The van der Waals surface area contributed by atoms with Crippen LogP contribution < -0.4 is 5.73 Å². The van der Waals surface area contributed by atoms with Gasteiger partial charge in [-0.3, -0.25) is 9.48 Å². The van der Waals surface area contributed by atoms with Crippen LogP contribution in [0.25, 0.3) is 21.8 Å². The number of aryl methyl sites for hydroxylation is 1. The topological polar surface area (TPSA) is 99.2 Å². The molecule has 4 heterocycles. The number of fused-ring (bicyclic) bond motifs is 4. The number of pyridine rings is 2. The van der Waals surface area contributed by atoms with Gasteiger partial charge in [-0.05, 0) is 12.1 Å². The summed E-state index contributed by atoms with van der Waals surface area (Å²) < 4.78 is 61.1. The number of aromatic nitrogens is 4. The lowest BCUT2D eigenvalue weighted by Crippen LogP contribution is -2.37. The zero-order chi connectivity index (χ0) is 24.4. The van der Waals surface area contributed by atoms with Crippen LogP contribution in [0.2, 0.25) is 0 Å². The Hall–Kier alpha value is -3.80. The molecule has 8 nitrogen and oxygen atoms in total. The van der Waals surface area contributed by atoms with Crippen LogP contribution >= 0.6 is 0 Å². The number of hydrogen-bond donors (Lipinski definition) is 1. The van der Waals surface area contributed by atoms with Crippen molar-refractivity contribution in [2.75, 3.05) is 19.4 Å². The summed E-state index contributed by atoms with van der Waals surface area (Å²) in [6.45, 7) is -0.0881. The molecule has 0 saturated heterocycles. The first-order chi connectivity index (χ1) is 16.1. The SMILES string of the molecule is CN(C(=O)c1cc2c(cc1F)nc(N)c1cnn(C)c12)[C@@H]1COCc2nc(C(F)(F)F)ccc21. The molecule has 3 aromatic heterocycles. The van der Waals surface area contributed by atoms with Crippen molar-refractivity contribution in [1.29, 1.82) is 0 Å². The monoisotopic (exact) mass is 474 g/mol. The van der Waals surface area contributed by atoms with Crippen LogP contribution in [0.4, 0.5) is 23.4 Å². The summed E-state index contributed by atoms with van der Waals surface area (Å²) in [6, 6.07) is 3.91. The Kier molecular flexibility index (Phi) is 4.93. The van der Waals surface area contributed by atoms with Crippen molar-refractivity contribution in [2.45, 2.75) is 18.8 Å². The van der Waals surface area contributed by atoms with Gasteiger partial charge in [-0.1, -0.05) is 6.07 Å². The Morgan fingerprint density at radius 2 is 2.00 bits per heavy atom. The fourth-order valence-electron chi connectivity index (χ4n) is 4.24. The molecule has 5 rings (SSSR count). The van der Waals surface area contributed by atoms with Crippen LogP contribution in [-0.2, 0) is 24.6 Å². The van der Waals surface area contributed by atoms with Gasteiger partial charge < -0.3 is 15.4 Å². The number of rotatable bonds is 2. The number of nitrogen functional groups attached to an aromatic ring is 1. The number of hydrogen-bond acceptors (Lipinski definition) is 6. The molecule has 0 aliphatic carbocycles. The molecule has 0 saturated carbocycles. The molecule has 1 amide bonds. The van der Waals surface area contributed by atoms with Gasteiger partial charge in [0.05, 0.1) is 53.1 Å². The van der Waals surface area contributed by atoms with E-state index >= 15 is 4.39 Å². The lowest BCUT2D eigenvalue weighted by Gasteiger charge is -2.33. The first-order valence-electron chi connectivity index (χ1n) is 10.2. The summed E-state index contributed by atoms with van der Waals surface area (Å²) in [5, 5.41) is 5.22. The smallest absolute Gasteiger partial charge is 0.383 e. The Bertz CT molecular complexity index is 1470. The third kappa shape index (κ3) is 3.41. The van der Waals surface area contributed by atoms with Crippen molar-refractivity contribution >= 4 is 33.5 Å². The van der Waals surface area contributed by atoms with E-state index in [1.165, 1.54) is 30.3 Å². The van der Waals surface area contributed by atoms with Crippen LogP contribution in [0.1, 0.15) is 33.4 Å². The van der Waals surface area contributed by atoms with Gasteiger partial charge >= 0.3 is 6.18 Å². The van der Waals surface area contributed by atoms with Crippen molar-refractivity contribution in [3.8, 4) is 0 Å². The molecule has 2 N–H and O–H groups in total. The Morgan fingerprint density at radius 3 is 2.74 bits per heavy atom. The summed E-state index contributed by atoms with van der Waals surface area (Å²) in [5.74, 6) is -1.29. The molecule has 34 heavy (non-hydrogen) atoms. The second-order valence-corrected chi connectivity index (χ2v) is 8.05. The fraction of sp³-hybridized carbons (Fsp3) is 0.273. The predicted molar refractivity (Wildman–Crippen MR) is 114 cm³/mol. The summed E-state index contributed by atoms with van der Waals surface area (Å²) in [6.07, 6.45) is -3.07. The molecular formula is C22H18F4N6O2. The molecule has 176 valence electrons. The van der Waals surface area contributed by atoms with Crippen LogP contribution in [0.5, 0.6) is 0 Å². The average molecular weight is 474 g/mol. The van der Waals surface area contributed by atoms with Crippen molar-refractivity contribution in [2.24, 2.45) is 7.05 Å². The first-order valence-corrected chi connectivity index (χ1v) is 10.2. The van der Waals surface area contributed by atoms with Crippen molar-refractivity contribution in [1.82, 2.24) is 24.6 Å². The Labute approximate surface area is 189 Å². The number of nitrogens with zero attached hydrogens (tertiary/aromatic N) is 5. The van der Waals surface area contributed by atoms with Gasteiger partial charge in [0.1, 0.15) is 17.3 Å². The molecule has 4 aromatic rings. The molecule has 0 fully saturated rings. The highest BCUT2D eigenvalue weighted by Crippen LogP contribution is 2.35. The van der Waals surface area contributed by atoms with E-state index < -0.39 is 29.6 Å². The first kappa shape index (κ1) is 22.0. The molecule has 1 aromatic carbocycles. The van der Waals surface area contributed by atoms with E-state index in [9.17, 15) is 18.0 Å². The molecule has 1 atom stereocenters. The maximum absolute atomic E-state index is 15.0. The number of anilines is 1. The molecule has 0 spiro atoms. The third-order valence-electron chi connectivity index (χ3n) is 5.99. The normalized spacial score (nSPS) is 16.1. The van der Waals surface area contributed by atoms with E-state index in [1.807, 2.05) is 0 Å². The number of halogens is 4. The van der Waals surface area contributed by atoms with Crippen LogP contribution in [0.15, 0.2) is 30.5 Å². The third-order valence-corrected chi connectivity index (χ3v) is 5.99. The molecular weight excluding hydrogens is 456 g/mol. The minimum Gasteiger partial charge on any atom is -0.383 e. The van der Waals surface area contributed by atoms with Crippen molar-refractivity contribution in [3.63, 3.8) is 0 Å². The van der Waals surface area contributed by atoms with Gasteiger partial charge in [-0.25, -0.2) is 14.4 Å². The summed E-state index contributed by atoms with van der Waals surface area (Å²) in [7, 11) is 3.13. The summed E-state index contributed by atoms with van der Waals surface area (Å²) in [5.41, 5.74) is 6.05. The predicted octanol–water partition coefficient (Wildman–Crippen LogP) is 3.60. The number of ether oxygens (including phenoxy) is 1. The molecule has 1 aliphatic heterocycles. The average Bonchev–Trinajstić information content (AvgIpc) is 3.19. The minimum absolute atomic E-state index is 0.0293. The van der Waals surface area contributed by atoms with E-state index in [0.29, 0.717) is 21.9 Å². The number of alkyl halides is 3. The van der Waals surface area contributed by atoms with Crippen molar-refractivity contribution in [3.05, 3.63) is 58.8 Å². The maximum atomic E-state index is 15.0. The number of nitrogens with two attached hydrogens (primary N) is 1.